The summed E-state index contributed by atoms with van der Waals surface area (Å²) in [4.78, 5) is 5.10. The zero-order valence-corrected chi connectivity index (χ0v) is 13.7. The second kappa shape index (κ2) is 7.22. The molecule has 0 N–H and O–H groups in total. The van der Waals surface area contributed by atoms with E-state index in [1.165, 1.54) is 32.5 Å². The maximum Gasteiger partial charge on any atom is 0.113 e. The summed E-state index contributed by atoms with van der Waals surface area (Å²) in [7, 11) is 0. The van der Waals surface area contributed by atoms with Crippen LogP contribution in [0.1, 0.15) is 59.3 Å². The van der Waals surface area contributed by atoms with Crippen molar-refractivity contribution < 1.29 is 4.39 Å². The minimum atomic E-state index is -0.870. The molecule has 0 saturated carbocycles. The highest BCUT2D eigenvalue weighted by molar-refractivity contribution is 4.90. The lowest BCUT2D eigenvalue weighted by atomic mass is 9.85. The van der Waals surface area contributed by atoms with Gasteiger partial charge in [0.1, 0.15) is 5.67 Å². The van der Waals surface area contributed by atoms with Crippen molar-refractivity contribution in [2.45, 2.75) is 71.0 Å². The molecule has 0 aromatic rings. The molecule has 3 heteroatoms. The molecule has 0 spiro atoms. The summed E-state index contributed by atoms with van der Waals surface area (Å²) in [5, 5.41) is 0. The fourth-order valence-electron chi connectivity index (χ4n) is 3.69. The van der Waals surface area contributed by atoms with Gasteiger partial charge in [0.25, 0.3) is 0 Å². The molecule has 2 aliphatic heterocycles. The highest BCUT2D eigenvalue weighted by atomic mass is 19.1. The molecule has 0 radical (unpaired) electrons. The third-order valence-electron chi connectivity index (χ3n) is 5.38. The third-order valence-corrected chi connectivity index (χ3v) is 5.38. The van der Waals surface area contributed by atoms with Crippen molar-refractivity contribution in [2.75, 3.05) is 32.7 Å². The van der Waals surface area contributed by atoms with Crippen molar-refractivity contribution in [2.24, 2.45) is 5.92 Å². The first-order valence-electron chi connectivity index (χ1n) is 8.68. The molecule has 0 unspecified atom stereocenters. The van der Waals surface area contributed by atoms with Gasteiger partial charge in [-0.3, -0.25) is 0 Å². The predicted octanol–water partition coefficient (Wildman–Crippen LogP) is 3.71. The molecule has 0 aromatic carbocycles. The lowest BCUT2D eigenvalue weighted by molar-refractivity contribution is 0.0135. The van der Waals surface area contributed by atoms with E-state index in [0.717, 1.165) is 38.8 Å². The molecule has 2 nitrogen and oxygen atoms in total. The van der Waals surface area contributed by atoms with Gasteiger partial charge in [-0.25, -0.2) is 4.39 Å². The fourth-order valence-corrected chi connectivity index (χ4v) is 3.69. The molecule has 2 fully saturated rings. The van der Waals surface area contributed by atoms with Crippen molar-refractivity contribution in [3.63, 3.8) is 0 Å². The van der Waals surface area contributed by atoms with Crippen LogP contribution in [0.5, 0.6) is 0 Å². The molecular weight excluding hydrogens is 251 g/mol. The number of halogens is 1. The second-order valence-corrected chi connectivity index (χ2v) is 7.28. The van der Waals surface area contributed by atoms with Crippen LogP contribution in [0.15, 0.2) is 0 Å². The van der Waals surface area contributed by atoms with Gasteiger partial charge in [0.05, 0.1) is 0 Å². The number of nitrogens with zero attached hydrogens (tertiary/aromatic N) is 2. The van der Waals surface area contributed by atoms with Gasteiger partial charge >= 0.3 is 0 Å². The van der Waals surface area contributed by atoms with Gasteiger partial charge in [0.15, 0.2) is 0 Å². The first-order chi connectivity index (χ1) is 9.52. The topological polar surface area (TPSA) is 6.48 Å². The van der Waals surface area contributed by atoms with E-state index in [4.69, 9.17) is 0 Å². The Kier molecular flexibility index (Phi) is 5.85. The maximum atomic E-state index is 14.8. The number of alkyl halides is 1. The predicted molar refractivity (Wildman–Crippen MR) is 83.9 cm³/mol. The van der Waals surface area contributed by atoms with Gasteiger partial charge in [-0.15, -0.1) is 0 Å². The molecule has 20 heavy (non-hydrogen) atoms. The molecule has 2 aliphatic rings. The summed E-state index contributed by atoms with van der Waals surface area (Å²) in [6.07, 6.45) is 5.87. The molecule has 2 rings (SSSR count). The van der Waals surface area contributed by atoms with Crippen LogP contribution in [0.4, 0.5) is 4.39 Å². The number of likely N-dealkylation sites (tertiary alicyclic amines) is 2. The van der Waals surface area contributed by atoms with Gasteiger partial charge in [0, 0.05) is 19.1 Å². The zero-order valence-electron chi connectivity index (χ0n) is 13.7. The van der Waals surface area contributed by atoms with E-state index in [0.29, 0.717) is 12.0 Å². The van der Waals surface area contributed by atoms with Gasteiger partial charge in [-0.1, -0.05) is 20.8 Å². The van der Waals surface area contributed by atoms with Crippen LogP contribution in [-0.2, 0) is 0 Å². The molecule has 0 atom stereocenters. The smallest absolute Gasteiger partial charge is 0.113 e. The van der Waals surface area contributed by atoms with Crippen molar-refractivity contribution >= 4 is 0 Å². The summed E-state index contributed by atoms with van der Waals surface area (Å²) < 4.78 is 14.8. The van der Waals surface area contributed by atoms with E-state index in [-0.39, 0.29) is 0 Å². The van der Waals surface area contributed by atoms with Gasteiger partial charge in [-0.05, 0) is 64.1 Å². The molecule has 0 aliphatic carbocycles. The maximum absolute atomic E-state index is 14.8. The Labute approximate surface area is 124 Å². The van der Waals surface area contributed by atoms with E-state index in [1.54, 1.807) is 0 Å². The summed E-state index contributed by atoms with van der Waals surface area (Å²) in [6.45, 7) is 12.2. The van der Waals surface area contributed by atoms with E-state index in [2.05, 4.69) is 30.6 Å². The quantitative estimate of drug-likeness (QED) is 0.759. The minimum absolute atomic E-state index is 0.624. The Hall–Kier alpha value is -0.150. The molecular formula is C17H33FN2. The van der Waals surface area contributed by atoms with Crippen LogP contribution in [0.25, 0.3) is 0 Å². The Morgan fingerprint density at radius 3 is 2.20 bits per heavy atom. The Balaban J connectivity index is 1.74. The van der Waals surface area contributed by atoms with Gasteiger partial charge in [-0.2, -0.15) is 0 Å². The van der Waals surface area contributed by atoms with Crippen molar-refractivity contribution in [3.05, 3.63) is 0 Å². The average Bonchev–Trinajstić information content (AvgIpc) is 2.46. The summed E-state index contributed by atoms with van der Waals surface area (Å²) in [5.74, 6) is 0.624. The standard InChI is InChI=1S/C17H33FN2/c1-4-19-11-6-16(7-12-19)20-13-9-17(18,10-14-20)8-5-15(2)3/h15-16H,4-14H2,1-3H3. The van der Waals surface area contributed by atoms with Crippen molar-refractivity contribution in [1.82, 2.24) is 9.80 Å². The summed E-state index contributed by atoms with van der Waals surface area (Å²) >= 11 is 0. The number of piperidine rings is 2. The monoisotopic (exact) mass is 284 g/mol. The number of rotatable bonds is 5. The Morgan fingerprint density at radius 1 is 1.10 bits per heavy atom. The van der Waals surface area contributed by atoms with Gasteiger partial charge < -0.3 is 9.80 Å². The first kappa shape index (κ1) is 16.2. The van der Waals surface area contributed by atoms with Crippen LogP contribution in [0, 0.1) is 5.92 Å². The van der Waals surface area contributed by atoms with E-state index in [1.807, 2.05) is 0 Å². The SMILES string of the molecule is CCN1CCC(N2CCC(F)(CCC(C)C)CC2)CC1. The molecule has 0 aromatic heterocycles. The lowest BCUT2D eigenvalue weighted by Crippen LogP contribution is -2.50. The highest BCUT2D eigenvalue weighted by Gasteiger charge is 2.36. The molecule has 0 bridgehead atoms. The van der Waals surface area contributed by atoms with E-state index in [9.17, 15) is 4.39 Å². The Bertz CT molecular complexity index is 277. The van der Waals surface area contributed by atoms with Crippen LogP contribution in [0.2, 0.25) is 0 Å². The number of hydrogen-bond acceptors (Lipinski definition) is 2. The summed E-state index contributed by atoms with van der Waals surface area (Å²) in [6, 6.07) is 0.715. The fraction of sp³-hybridized carbons (Fsp3) is 1.00. The number of hydrogen-bond donors (Lipinski definition) is 0. The zero-order chi connectivity index (χ0) is 14.6. The van der Waals surface area contributed by atoms with Gasteiger partial charge in [0.2, 0.25) is 0 Å². The minimum Gasteiger partial charge on any atom is -0.303 e. The molecule has 2 heterocycles. The lowest BCUT2D eigenvalue weighted by Gasteiger charge is -2.43. The van der Waals surface area contributed by atoms with Crippen LogP contribution >= 0.6 is 0 Å². The summed E-state index contributed by atoms with van der Waals surface area (Å²) in [5.41, 5.74) is -0.870. The third kappa shape index (κ3) is 4.42. The van der Waals surface area contributed by atoms with Crippen LogP contribution in [0.3, 0.4) is 0 Å². The molecule has 118 valence electrons. The first-order valence-corrected chi connectivity index (χ1v) is 8.68. The second-order valence-electron chi connectivity index (χ2n) is 7.28. The largest absolute Gasteiger partial charge is 0.303 e. The normalized spacial score (nSPS) is 26.2. The average molecular weight is 284 g/mol. The van der Waals surface area contributed by atoms with E-state index >= 15 is 0 Å². The van der Waals surface area contributed by atoms with Crippen molar-refractivity contribution in [1.29, 1.82) is 0 Å². The molecule has 0 amide bonds. The molecule has 2 saturated heterocycles. The van der Waals surface area contributed by atoms with Crippen LogP contribution in [-0.4, -0.2) is 54.2 Å². The Morgan fingerprint density at radius 2 is 1.70 bits per heavy atom. The highest BCUT2D eigenvalue weighted by Crippen LogP contribution is 2.34. The van der Waals surface area contributed by atoms with Crippen molar-refractivity contribution in [3.8, 4) is 0 Å². The van der Waals surface area contributed by atoms with Crippen LogP contribution < -0.4 is 0 Å². The van der Waals surface area contributed by atoms with E-state index < -0.39 is 5.67 Å².